The van der Waals surface area contributed by atoms with Crippen LogP contribution in [-0.2, 0) is 4.79 Å². The molecule has 0 unspecified atom stereocenters. The quantitative estimate of drug-likeness (QED) is 0.368. The van der Waals surface area contributed by atoms with Crippen molar-refractivity contribution < 1.29 is 14.5 Å². The number of para-hydroxylation sites is 3. The lowest BCUT2D eigenvalue weighted by atomic mass is 9.96. The molecule has 0 aliphatic carbocycles. The van der Waals surface area contributed by atoms with E-state index >= 15 is 0 Å². The third kappa shape index (κ3) is 5.69. The van der Waals surface area contributed by atoms with E-state index in [-0.39, 0.29) is 23.5 Å². The average molecular weight is 411 g/mol. The van der Waals surface area contributed by atoms with Crippen LogP contribution in [0.25, 0.3) is 0 Å². The highest BCUT2D eigenvalue weighted by Crippen LogP contribution is 2.22. The van der Waals surface area contributed by atoms with Crippen LogP contribution in [0.3, 0.4) is 0 Å². The zero-order chi connectivity index (χ0) is 21.3. The van der Waals surface area contributed by atoms with Crippen molar-refractivity contribution in [1.82, 2.24) is 10.2 Å². The second-order valence-corrected chi connectivity index (χ2v) is 7.05. The molecule has 0 atom stereocenters. The molecule has 0 radical (unpaired) electrons. The van der Waals surface area contributed by atoms with Gasteiger partial charge in [-0.1, -0.05) is 30.3 Å². The second-order valence-electron chi connectivity index (χ2n) is 7.05. The minimum absolute atomic E-state index is 0.00461. The maximum atomic E-state index is 12.4. The van der Waals surface area contributed by atoms with Crippen molar-refractivity contribution in [2.24, 2.45) is 5.92 Å². The maximum Gasteiger partial charge on any atom is 0.321 e. The molecule has 3 N–H and O–H groups in total. The van der Waals surface area contributed by atoms with Gasteiger partial charge < -0.3 is 20.9 Å². The number of nitro benzene ring substituents is 1. The summed E-state index contributed by atoms with van der Waals surface area (Å²) in [6.07, 6.45) is 1.21. The lowest BCUT2D eigenvalue weighted by Gasteiger charge is -2.31. The Bertz CT molecular complexity index is 882. The first-order valence-electron chi connectivity index (χ1n) is 9.90. The van der Waals surface area contributed by atoms with E-state index in [9.17, 15) is 19.7 Å². The lowest BCUT2D eigenvalue weighted by Crippen LogP contribution is -2.45. The molecule has 1 saturated heterocycles. The van der Waals surface area contributed by atoms with Crippen LogP contribution in [0.15, 0.2) is 54.6 Å². The van der Waals surface area contributed by atoms with Gasteiger partial charge in [0, 0.05) is 43.9 Å². The van der Waals surface area contributed by atoms with Gasteiger partial charge in [0.2, 0.25) is 5.91 Å². The fraction of sp³-hybridized carbons (Fsp3) is 0.333. The van der Waals surface area contributed by atoms with E-state index in [1.54, 1.807) is 23.1 Å². The van der Waals surface area contributed by atoms with Crippen LogP contribution in [0, 0.1) is 16.0 Å². The van der Waals surface area contributed by atoms with Crippen LogP contribution < -0.4 is 16.0 Å². The number of amides is 3. The molecule has 0 bridgehead atoms. The van der Waals surface area contributed by atoms with Crippen molar-refractivity contribution in [1.29, 1.82) is 0 Å². The van der Waals surface area contributed by atoms with E-state index in [1.807, 2.05) is 30.3 Å². The summed E-state index contributed by atoms with van der Waals surface area (Å²) < 4.78 is 0. The molecule has 1 aliphatic rings. The number of carbonyl (C=O) groups is 2. The van der Waals surface area contributed by atoms with E-state index in [4.69, 9.17) is 0 Å². The van der Waals surface area contributed by atoms with E-state index in [0.29, 0.717) is 44.7 Å². The summed E-state index contributed by atoms with van der Waals surface area (Å²) in [5, 5.41) is 19.7. The van der Waals surface area contributed by atoms with E-state index in [2.05, 4.69) is 16.0 Å². The highest BCUT2D eigenvalue weighted by molar-refractivity contribution is 5.89. The molecule has 158 valence electrons. The predicted octanol–water partition coefficient (Wildman–Crippen LogP) is 3.07. The Morgan fingerprint density at radius 2 is 1.67 bits per heavy atom. The first kappa shape index (κ1) is 21.1. The maximum absolute atomic E-state index is 12.4. The minimum atomic E-state index is -0.442. The highest BCUT2D eigenvalue weighted by Gasteiger charge is 2.27. The summed E-state index contributed by atoms with van der Waals surface area (Å²) in [7, 11) is 0. The molecule has 2 aromatic carbocycles. The number of piperidine rings is 1. The predicted molar refractivity (Wildman–Crippen MR) is 114 cm³/mol. The van der Waals surface area contributed by atoms with Crippen molar-refractivity contribution in [2.75, 3.05) is 36.8 Å². The van der Waals surface area contributed by atoms with Crippen LogP contribution in [0.5, 0.6) is 0 Å². The lowest BCUT2D eigenvalue weighted by molar-refractivity contribution is -0.384. The SMILES string of the molecule is O=C(NCCNc1ccccc1[N+](=O)[O-])C1CCN(C(=O)Nc2ccccc2)CC1. The summed E-state index contributed by atoms with van der Waals surface area (Å²) in [5.41, 5.74) is 1.17. The van der Waals surface area contributed by atoms with Crippen LogP contribution >= 0.6 is 0 Å². The highest BCUT2D eigenvalue weighted by atomic mass is 16.6. The first-order chi connectivity index (χ1) is 14.5. The average Bonchev–Trinajstić information content (AvgIpc) is 2.77. The number of likely N-dealkylation sites (tertiary alicyclic amines) is 1. The molecule has 3 amide bonds. The van der Waals surface area contributed by atoms with E-state index in [0.717, 1.165) is 5.69 Å². The molecule has 9 nitrogen and oxygen atoms in total. The van der Waals surface area contributed by atoms with Crippen LogP contribution in [0.4, 0.5) is 21.9 Å². The van der Waals surface area contributed by atoms with Crippen LogP contribution in [0.1, 0.15) is 12.8 Å². The Labute approximate surface area is 174 Å². The monoisotopic (exact) mass is 411 g/mol. The van der Waals surface area contributed by atoms with Crippen LogP contribution in [-0.4, -0.2) is 47.9 Å². The summed E-state index contributed by atoms with van der Waals surface area (Å²) in [6.45, 7) is 1.78. The first-order valence-corrected chi connectivity index (χ1v) is 9.90. The van der Waals surface area contributed by atoms with Crippen molar-refractivity contribution in [3.05, 3.63) is 64.7 Å². The molecule has 2 aromatic rings. The van der Waals surface area contributed by atoms with Gasteiger partial charge in [0.15, 0.2) is 0 Å². The Morgan fingerprint density at radius 3 is 2.37 bits per heavy atom. The zero-order valence-electron chi connectivity index (χ0n) is 16.5. The number of rotatable bonds is 7. The van der Waals surface area contributed by atoms with E-state index < -0.39 is 4.92 Å². The fourth-order valence-corrected chi connectivity index (χ4v) is 3.38. The number of benzene rings is 2. The number of carbonyl (C=O) groups excluding carboxylic acids is 2. The molecule has 9 heteroatoms. The molecule has 1 aliphatic heterocycles. The molecule has 0 aromatic heterocycles. The summed E-state index contributed by atoms with van der Waals surface area (Å²) in [4.78, 5) is 37.0. The van der Waals surface area contributed by atoms with Gasteiger partial charge in [-0.15, -0.1) is 0 Å². The summed E-state index contributed by atoms with van der Waals surface area (Å²) in [6, 6.07) is 15.5. The second kappa shape index (κ2) is 10.2. The number of nitrogens with zero attached hydrogens (tertiary/aromatic N) is 2. The van der Waals surface area contributed by atoms with E-state index in [1.165, 1.54) is 6.07 Å². The number of urea groups is 1. The topological polar surface area (TPSA) is 117 Å². The third-order valence-corrected chi connectivity index (χ3v) is 5.02. The molecule has 3 rings (SSSR count). The largest absolute Gasteiger partial charge is 0.378 e. The number of hydrogen-bond acceptors (Lipinski definition) is 5. The summed E-state index contributed by atoms with van der Waals surface area (Å²) in [5.74, 6) is -0.195. The standard InChI is InChI=1S/C21H25N5O4/c27-20(23-13-12-22-18-8-4-5-9-19(18)26(29)30)16-10-14-25(15-11-16)21(28)24-17-6-2-1-3-7-17/h1-9,16,22H,10-15H2,(H,23,27)(H,24,28). The number of nitrogens with one attached hydrogen (secondary N) is 3. The zero-order valence-corrected chi connectivity index (χ0v) is 16.5. The van der Waals surface area contributed by atoms with Gasteiger partial charge in [0.05, 0.1) is 4.92 Å². The molecule has 0 saturated carbocycles. The number of anilines is 2. The molecule has 1 heterocycles. The van der Waals surface area contributed by atoms with Crippen LogP contribution in [0.2, 0.25) is 0 Å². The van der Waals surface area contributed by atoms with Crippen molar-refractivity contribution >= 4 is 29.0 Å². The smallest absolute Gasteiger partial charge is 0.321 e. The fourth-order valence-electron chi connectivity index (χ4n) is 3.38. The van der Waals surface area contributed by atoms with Gasteiger partial charge in [-0.25, -0.2) is 4.79 Å². The summed E-state index contributed by atoms with van der Waals surface area (Å²) >= 11 is 0. The minimum Gasteiger partial charge on any atom is -0.378 e. The van der Waals surface area contributed by atoms with Gasteiger partial charge in [-0.05, 0) is 31.0 Å². The van der Waals surface area contributed by atoms with Gasteiger partial charge >= 0.3 is 6.03 Å². The molecule has 30 heavy (non-hydrogen) atoms. The Balaban J connectivity index is 1.37. The molecular weight excluding hydrogens is 386 g/mol. The number of nitro groups is 1. The molecule has 1 fully saturated rings. The number of hydrogen-bond donors (Lipinski definition) is 3. The van der Waals surface area contributed by atoms with Crippen molar-refractivity contribution in [3.63, 3.8) is 0 Å². The Kier molecular flexibility index (Phi) is 7.20. The molecular formula is C21H25N5O4. The van der Waals surface area contributed by atoms with Crippen molar-refractivity contribution in [2.45, 2.75) is 12.8 Å². The third-order valence-electron chi connectivity index (χ3n) is 5.02. The van der Waals surface area contributed by atoms with Gasteiger partial charge in [0.1, 0.15) is 5.69 Å². The Morgan fingerprint density at radius 1 is 1.00 bits per heavy atom. The Hall–Kier alpha value is -3.62. The van der Waals surface area contributed by atoms with Gasteiger partial charge in [-0.2, -0.15) is 0 Å². The van der Waals surface area contributed by atoms with Gasteiger partial charge in [-0.3, -0.25) is 14.9 Å². The van der Waals surface area contributed by atoms with Crippen molar-refractivity contribution in [3.8, 4) is 0 Å². The normalized spacial score (nSPS) is 14.1. The molecule has 0 spiro atoms. The van der Waals surface area contributed by atoms with Gasteiger partial charge in [0.25, 0.3) is 5.69 Å².